The summed E-state index contributed by atoms with van der Waals surface area (Å²) < 4.78 is 21.8. The second-order valence-electron chi connectivity index (χ2n) is 10.8. The van der Waals surface area contributed by atoms with Crippen LogP contribution >= 0.6 is 21.6 Å². The third kappa shape index (κ3) is 4.69. The molecule has 3 aliphatic rings. The Morgan fingerprint density at radius 2 is 2.11 bits per heavy atom. The predicted octanol–water partition coefficient (Wildman–Crippen LogP) is 4.23. The maximum atomic E-state index is 14.6. The minimum absolute atomic E-state index is 0.0585. The van der Waals surface area contributed by atoms with E-state index in [1.54, 1.807) is 0 Å². The minimum Gasteiger partial charge on any atom is -0.449 e. The molecule has 1 aromatic heterocycles. The normalized spacial score (nSPS) is 20.3. The summed E-state index contributed by atoms with van der Waals surface area (Å²) in [4.78, 5) is 39.5. The van der Waals surface area contributed by atoms with Crippen LogP contribution in [0, 0.1) is 11.2 Å². The molecule has 0 saturated carbocycles. The molecule has 1 fully saturated rings. The van der Waals surface area contributed by atoms with Gasteiger partial charge in [-0.3, -0.25) is 9.59 Å². The fourth-order valence-corrected chi connectivity index (χ4v) is 7.32. The number of fused-ring (bicyclic) bond motifs is 2. The monoisotopic (exact) mass is 547 g/mol. The smallest absolute Gasteiger partial charge is 0.408 e. The van der Waals surface area contributed by atoms with E-state index in [1.807, 2.05) is 25.3 Å². The number of amides is 2. The predicted molar refractivity (Wildman–Crippen MR) is 143 cm³/mol. The molecule has 1 atom stereocenters. The first-order valence-electron chi connectivity index (χ1n) is 12.2. The second-order valence-corrected chi connectivity index (χ2v) is 13.2. The number of nitrogens with one attached hydrogen (secondary N) is 2. The molecule has 4 heterocycles. The highest BCUT2D eigenvalue weighted by Crippen LogP contribution is 2.44. The van der Waals surface area contributed by atoms with Gasteiger partial charge < -0.3 is 19.5 Å². The van der Waals surface area contributed by atoms with Gasteiger partial charge in [0.25, 0.3) is 5.91 Å². The van der Waals surface area contributed by atoms with Crippen molar-refractivity contribution in [2.45, 2.75) is 59.2 Å². The molecule has 0 spiro atoms. The second kappa shape index (κ2) is 9.54. The maximum absolute atomic E-state index is 14.6. The van der Waals surface area contributed by atoms with Crippen molar-refractivity contribution in [1.29, 1.82) is 0 Å². The number of hydrogen-bond acceptors (Lipinski definition) is 8. The van der Waals surface area contributed by atoms with E-state index in [0.29, 0.717) is 28.9 Å². The number of alkyl carbamates (subject to hydrolysis) is 1. The Hall–Kier alpha value is -2.73. The van der Waals surface area contributed by atoms with Gasteiger partial charge >= 0.3 is 6.09 Å². The molecule has 2 amide bonds. The number of amidine groups is 1. The standard InChI is InChI=1S/C25H30FN5O4S2/c1-24(2,3)22(33)37-36-9-8-35-23(34)27-13-30-16-11-14(26)10-15-18(16)19-17(30)12-25(4)6-5-7-31(25)20(19)28-29-21(15)32/h10-11H,5-9,12-13H2,1-4H3,(H,27,34)(H,29,32)/t25-/m1/s1. The van der Waals surface area contributed by atoms with Crippen molar-refractivity contribution in [2.75, 3.05) is 18.9 Å². The van der Waals surface area contributed by atoms with E-state index in [-0.39, 0.29) is 29.5 Å². The molecule has 9 nitrogen and oxygen atoms in total. The minimum atomic E-state index is -0.608. The fraction of sp³-hybridized carbons (Fsp3) is 0.520. The summed E-state index contributed by atoms with van der Waals surface area (Å²) in [5.41, 5.74) is 4.46. The van der Waals surface area contributed by atoms with E-state index in [2.05, 4.69) is 27.7 Å². The SMILES string of the molecule is CC(C)(C)C(=O)SSCCOC(=O)NCn1c2c3c4c(cc(F)cc41)C(=O)NN=C3N1CCC[C@]1(C)C2. The average molecular weight is 548 g/mol. The number of hydrazone groups is 1. The van der Waals surface area contributed by atoms with Crippen molar-refractivity contribution in [2.24, 2.45) is 10.5 Å². The van der Waals surface area contributed by atoms with Gasteiger partial charge in [-0.15, -0.1) is 0 Å². The van der Waals surface area contributed by atoms with Gasteiger partial charge in [0.2, 0.25) is 5.12 Å². The lowest BCUT2D eigenvalue weighted by Crippen LogP contribution is -2.51. The van der Waals surface area contributed by atoms with Crippen molar-refractivity contribution >= 4 is 55.4 Å². The lowest BCUT2D eigenvalue weighted by atomic mass is 9.86. The van der Waals surface area contributed by atoms with E-state index < -0.39 is 23.2 Å². The van der Waals surface area contributed by atoms with Crippen LogP contribution in [0.25, 0.3) is 10.9 Å². The van der Waals surface area contributed by atoms with E-state index in [0.717, 1.165) is 41.4 Å². The summed E-state index contributed by atoms with van der Waals surface area (Å²) in [7, 11) is 2.51. The molecule has 2 N–H and O–H groups in total. The van der Waals surface area contributed by atoms with Crippen molar-refractivity contribution < 1.29 is 23.5 Å². The Bertz CT molecular complexity index is 1330. The Morgan fingerprint density at radius 3 is 2.86 bits per heavy atom. The number of nitrogens with zero attached hydrogens (tertiary/aromatic N) is 3. The van der Waals surface area contributed by atoms with E-state index >= 15 is 0 Å². The van der Waals surface area contributed by atoms with Gasteiger partial charge in [0, 0.05) is 46.3 Å². The molecule has 12 heteroatoms. The Kier molecular flexibility index (Phi) is 6.68. The number of carbonyl (C=O) groups is 3. The molecule has 0 bridgehead atoms. The molecule has 198 valence electrons. The summed E-state index contributed by atoms with van der Waals surface area (Å²) in [5.74, 6) is 0.163. The number of carbonyl (C=O) groups excluding carboxylic acids is 3. The van der Waals surface area contributed by atoms with Crippen molar-refractivity contribution in [1.82, 2.24) is 20.2 Å². The van der Waals surface area contributed by atoms with Crippen LogP contribution in [0.1, 0.15) is 62.2 Å². The average Bonchev–Trinajstić information content (AvgIpc) is 3.30. The maximum Gasteiger partial charge on any atom is 0.408 e. The number of rotatable bonds is 6. The van der Waals surface area contributed by atoms with Crippen molar-refractivity contribution in [3.8, 4) is 0 Å². The van der Waals surface area contributed by atoms with Gasteiger partial charge in [0.1, 0.15) is 12.4 Å². The first kappa shape index (κ1) is 25.9. The number of aromatic nitrogens is 1. The van der Waals surface area contributed by atoms with Crippen LogP contribution in [0.4, 0.5) is 9.18 Å². The number of hydrogen-bond donors (Lipinski definition) is 2. The quantitative estimate of drug-likeness (QED) is 0.412. The van der Waals surface area contributed by atoms with Crippen molar-refractivity contribution in [3.63, 3.8) is 0 Å². The zero-order valence-corrected chi connectivity index (χ0v) is 22.9. The summed E-state index contributed by atoms with van der Waals surface area (Å²) in [6.45, 7) is 8.79. The molecular formula is C25H30FN5O4S2. The molecule has 0 radical (unpaired) electrons. The molecular weight excluding hydrogens is 517 g/mol. The molecule has 0 aliphatic carbocycles. The Morgan fingerprint density at radius 1 is 1.32 bits per heavy atom. The number of ether oxygens (including phenoxy) is 1. The third-order valence-corrected chi connectivity index (χ3v) is 9.57. The zero-order valence-electron chi connectivity index (χ0n) is 21.3. The summed E-state index contributed by atoms with van der Waals surface area (Å²) in [6, 6.07) is 2.63. The third-order valence-electron chi connectivity index (χ3n) is 7.05. The fourth-order valence-electron chi connectivity index (χ4n) is 5.20. The van der Waals surface area contributed by atoms with Gasteiger partial charge in [0.15, 0.2) is 5.84 Å². The summed E-state index contributed by atoms with van der Waals surface area (Å²) >= 11 is 0. The van der Waals surface area contributed by atoms with Crippen molar-refractivity contribution in [3.05, 3.63) is 34.8 Å². The Balaban J connectivity index is 1.36. The zero-order chi connectivity index (χ0) is 26.5. The van der Waals surface area contributed by atoms with Crippen LogP contribution in [-0.4, -0.2) is 56.9 Å². The van der Waals surface area contributed by atoms with Gasteiger partial charge in [0.05, 0.1) is 17.7 Å². The summed E-state index contributed by atoms with van der Waals surface area (Å²) in [6.07, 6.45) is 2.04. The number of halogens is 1. The largest absolute Gasteiger partial charge is 0.449 e. The van der Waals surface area contributed by atoms with Gasteiger partial charge in [-0.25, -0.2) is 14.6 Å². The molecule has 0 unspecified atom stereocenters. The van der Waals surface area contributed by atoms with E-state index in [9.17, 15) is 18.8 Å². The van der Waals surface area contributed by atoms with Crippen LogP contribution in [0.5, 0.6) is 0 Å². The molecule has 2 aromatic rings. The lowest BCUT2D eigenvalue weighted by Gasteiger charge is -2.41. The van der Waals surface area contributed by atoms with Gasteiger partial charge in [-0.2, -0.15) is 5.10 Å². The van der Waals surface area contributed by atoms with Gasteiger partial charge in [-0.05, 0) is 42.7 Å². The summed E-state index contributed by atoms with van der Waals surface area (Å²) in [5, 5.41) is 7.93. The van der Waals surface area contributed by atoms with Crippen LogP contribution in [0.15, 0.2) is 17.2 Å². The molecule has 37 heavy (non-hydrogen) atoms. The van der Waals surface area contributed by atoms with Crippen LogP contribution < -0.4 is 10.7 Å². The van der Waals surface area contributed by atoms with Gasteiger partial charge in [-0.1, -0.05) is 31.6 Å². The molecule has 5 rings (SSSR count). The van der Waals surface area contributed by atoms with Crippen LogP contribution in [0.3, 0.4) is 0 Å². The van der Waals surface area contributed by atoms with E-state index in [1.165, 1.54) is 22.9 Å². The molecule has 1 aromatic carbocycles. The first-order valence-corrected chi connectivity index (χ1v) is 14.6. The van der Waals surface area contributed by atoms with E-state index in [4.69, 9.17) is 4.74 Å². The highest BCUT2D eigenvalue weighted by Gasteiger charge is 2.47. The van der Waals surface area contributed by atoms with Crippen LogP contribution in [-0.2, 0) is 22.6 Å². The highest BCUT2D eigenvalue weighted by atomic mass is 33.1. The number of benzene rings is 1. The lowest BCUT2D eigenvalue weighted by molar-refractivity contribution is -0.117. The first-order chi connectivity index (χ1) is 17.5. The molecule has 3 aliphatic heterocycles. The molecule has 1 saturated heterocycles. The Labute approximate surface area is 222 Å². The highest BCUT2D eigenvalue weighted by molar-refractivity contribution is 8.82. The van der Waals surface area contributed by atoms with Crippen LogP contribution in [0.2, 0.25) is 0 Å². The topological polar surface area (TPSA) is 105 Å².